The fourth-order valence-electron chi connectivity index (χ4n) is 3.23. The zero-order valence-corrected chi connectivity index (χ0v) is 19.2. The summed E-state index contributed by atoms with van der Waals surface area (Å²) in [6, 6.07) is 15.5. The van der Waals surface area contributed by atoms with Crippen molar-refractivity contribution in [3.8, 4) is 5.75 Å². The van der Waals surface area contributed by atoms with E-state index < -0.39 is 9.84 Å². The zero-order valence-electron chi connectivity index (χ0n) is 18.4. The molecule has 1 fully saturated rings. The van der Waals surface area contributed by atoms with E-state index in [0.29, 0.717) is 31.4 Å². The van der Waals surface area contributed by atoms with Crippen LogP contribution < -0.4 is 15.4 Å². The van der Waals surface area contributed by atoms with Gasteiger partial charge in [0.1, 0.15) is 5.75 Å². The first-order valence-electron chi connectivity index (χ1n) is 10.9. The maximum atomic E-state index is 12.3. The molecule has 0 saturated heterocycles. The summed E-state index contributed by atoms with van der Waals surface area (Å²) in [5.74, 6) is 2.49. The Kier molecular flexibility index (Phi) is 8.35. The highest BCUT2D eigenvalue weighted by atomic mass is 32.2. The molecule has 1 aliphatic rings. The second kappa shape index (κ2) is 11.2. The molecule has 0 atom stereocenters. The minimum absolute atomic E-state index is 0.0812. The van der Waals surface area contributed by atoms with Gasteiger partial charge in [-0.25, -0.2) is 8.42 Å². The molecule has 1 aliphatic carbocycles. The van der Waals surface area contributed by atoms with Crippen molar-refractivity contribution in [3.05, 3.63) is 65.2 Å². The lowest BCUT2D eigenvalue weighted by Crippen LogP contribution is -2.37. The average Bonchev–Trinajstić information content (AvgIpc) is 3.57. The molecule has 0 spiro atoms. The summed E-state index contributed by atoms with van der Waals surface area (Å²) in [5.41, 5.74) is 3.08. The van der Waals surface area contributed by atoms with Crippen LogP contribution >= 0.6 is 0 Å². The number of nitrogens with zero attached hydrogens (tertiary/aromatic N) is 1. The predicted octanol–water partition coefficient (Wildman–Crippen LogP) is 3.45. The normalized spacial score (nSPS) is 14.3. The quantitative estimate of drug-likeness (QED) is 0.316. The first-order chi connectivity index (χ1) is 14.9. The van der Waals surface area contributed by atoms with Gasteiger partial charge in [-0.1, -0.05) is 42.5 Å². The molecule has 0 radical (unpaired) electrons. The number of hydrogen-bond donors (Lipinski definition) is 2. The Morgan fingerprint density at radius 2 is 1.90 bits per heavy atom. The van der Waals surface area contributed by atoms with Crippen molar-refractivity contribution in [2.45, 2.75) is 38.5 Å². The monoisotopic (exact) mass is 443 g/mol. The van der Waals surface area contributed by atoms with Gasteiger partial charge in [-0.3, -0.25) is 4.99 Å². The summed E-state index contributed by atoms with van der Waals surface area (Å²) in [6.45, 7) is 3.97. The van der Waals surface area contributed by atoms with Gasteiger partial charge in [0.05, 0.1) is 18.1 Å². The molecule has 1 saturated carbocycles. The molecule has 0 amide bonds. The summed E-state index contributed by atoms with van der Waals surface area (Å²) >= 11 is 0. The largest absolute Gasteiger partial charge is 0.493 e. The van der Waals surface area contributed by atoms with Gasteiger partial charge < -0.3 is 15.4 Å². The molecule has 168 valence electrons. The molecular formula is C24H33N3O3S. The van der Waals surface area contributed by atoms with Gasteiger partial charge in [0.15, 0.2) is 15.8 Å². The van der Waals surface area contributed by atoms with Gasteiger partial charge in [0, 0.05) is 25.7 Å². The molecule has 0 heterocycles. The van der Waals surface area contributed by atoms with Crippen molar-refractivity contribution in [1.29, 1.82) is 0 Å². The average molecular weight is 444 g/mol. The number of benzene rings is 2. The van der Waals surface area contributed by atoms with Gasteiger partial charge in [0.25, 0.3) is 0 Å². The van der Waals surface area contributed by atoms with E-state index in [2.05, 4.69) is 40.7 Å². The Morgan fingerprint density at radius 1 is 1.13 bits per heavy atom. The highest BCUT2D eigenvalue weighted by molar-refractivity contribution is 7.90. The maximum Gasteiger partial charge on any atom is 0.191 e. The summed E-state index contributed by atoms with van der Waals surface area (Å²) < 4.78 is 30.7. The molecule has 0 aromatic heterocycles. The number of nitrogens with one attached hydrogen (secondary N) is 2. The second-order valence-electron chi connectivity index (χ2n) is 8.15. The molecule has 0 aliphatic heterocycles. The van der Waals surface area contributed by atoms with Crippen molar-refractivity contribution in [2.24, 2.45) is 10.9 Å². The van der Waals surface area contributed by atoms with Crippen molar-refractivity contribution >= 4 is 15.8 Å². The fraction of sp³-hybridized carbons (Fsp3) is 0.458. The third-order valence-electron chi connectivity index (χ3n) is 5.22. The molecule has 31 heavy (non-hydrogen) atoms. The third-order valence-corrected chi connectivity index (χ3v) is 6.90. The standard InChI is InChI=1S/C24H33N3O3S/c1-19-9-12-22(23(15-19)30-17-20-10-11-20)16-27-24(25-2)26-13-6-14-31(28,29)18-21-7-4-3-5-8-21/h3-5,7-9,12,15,20H,6,10-11,13-14,16-18H2,1-2H3,(H2,25,26,27). The van der Waals surface area contributed by atoms with Crippen LogP contribution in [0.2, 0.25) is 0 Å². The van der Waals surface area contributed by atoms with Gasteiger partial charge in [-0.05, 0) is 49.3 Å². The predicted molar refractivity (Wildman–Crippen MR) is 126 cm³/mol. The lowest BCUT2D eigenvalue weighted by molar-refractivity contribution is 0.296. The Balaban J connectivity index is 1.42. The molecular weight excluding hydrogens is 410 g/mol. The van der Waals surface area contributed by atoms with E-state index in [1.807, 2.05) is 30.3 Å². The zero-order chi connectivity index (χ0) is 22.1. The van der Waals surface area contributed by atoms with E-state index in [0.717, 1.165) is 23.5 Å². The molecule has 7 heteroatoms. The number of hydrogen-bond acceptors (Lipinski definition) is 4. The van der Waals surface area contributed by atoms with Gasteiger partial charge in [-0.2, -0.15) is 0 Å². The summed E-state index contributed by atoms with van der Waals surface area (Å²) in [5, 5.41) is 6.50. The maximum absolute atomic E-state index is 12.3. The molecule has 2 aromatic rings. The Bertz CT molecular complexity index is 971. The molecule has 2 N–H and O–H groups in total. The number of sulfone groups is 1. The van der Waals surface area contributed by atoms with Gasteiger partial charge >= 0.3 is 0 Å². The lowest BCUT2D eigenvalue weighted by Gasteiger charge is -2.15. The van der Waals surface area contributed by atoms with Crippen LogP contribution in [0.4, 0.5) is 0 Å². The minimum atomic E-state index is -3.13. The van der Waals surface area contributed by atoms with E-state index in [9.17, 15) is 8.42 Å². The van der Waals surface area contributed by atoms with Crippen LogP contribution in [0.1, 0.15) is 36.0 Å². The topological polar surface area (TPSA) is 79.8 Å². The van der Waals surface area contributed by atoms with Crippen molar-refractivity contribution in [3.63, 3.8) is 0 Å². The number of guanidine groups is 1. The second-order valence-corrected chi connectivity index (χ2v) is 10.3. The van der Waals surface area contributed by atoms with Crippen molar-refractivity contribution in [1.82, 2.24) is 10.6 Å². The number of ether oxygens (including phenoxy) is 1. The molecule has 3 rings (SSSR count). The van der Waals surface area contributed by atoms with Crippen molar-refractivity contribution < 1.29 is 13.2 Å². The van der Waals surface area contributed by atoms with E-state index >= 15 is 0 Å². The summed E-state index contributed by atoms with van der Waals surface area (Å²) in [4.78, 5) is 4.24. The smallest absolute Gasteiger partial charge is 0.191 e. The number of aryl methyl sites for hydroxylation is 1. The van der Waals surface area contributed by atoms with Gasteiger partial charge in [-0.15, -0.1) is 0 Å². The fourth-order valence-corrected chi connectivity index (χ4v) is 4.66. The number of rotatable bonds is 11. The molecule has 6 nitrogen and oxygen atoms in total. The van der Waals surface area contributed by atoms with Crippen molar-refractivity contribution in [2.75, 3.05) is 26.0 Å². The van der Waals surface area contributed by atoms with Crippen LogP contribution in [0, 0.1) is 12.8 Å². The Morgan fingerprint density at radius 3 is 2.61 bits per heavy atom. The third kappa shape index (κ3) is 8.25. The highest BCUT2D eigenvalue weighted by Crippen LogP contribution is 2.30. The van der Waals surface area contributed by atoms with Crippen LogP contribution in [0.5, 0.6) is 5.75 Å². The van der Waals surface area contributed by atoms with Crippen LogP contribution in [-0.2, 0) is 22.1 Å². The summed E-state index contributed by atoms with van der Waals surface area (Å²) in [7, 11) is -1.42. The lowest BCUT2D eigenvalue weighted by atomic mass is 10.1. The highest BCUT2D eigenvalue weighted by Gasteiger charge is 2.22. The SMILES string of the molecule is CN=C(NCCCS(=O)(=O)Cc1ccccc1)NCc1ccc(C)cc1OCC1CC1. The first-order valence-corrected chi connectivity index (χ1v) is 12.7. The molecule has 0 unspecified atom stereocenters. The van der Waals surface area contributed by atoms with Crippen LogP contribution in [0.3, 0.4) is 0 Å². The summed E-state index contributed by atoms with van der Waals surface area (Å²) in [6.07, 6.45) is 3.05. The van der Waals surface area contributed by atoms with E-state index in [1.54, 1.807) is 7.05 Å². The van der Waals surface area contributed by atoms with E-state index in [4.69, 9.17) is 4.74 Å². The van der Waals surface area contributed by atoms with Crippen LogP contribution in [0.15, 0.2) is 53.5 Å². The molecule has 2 aromatic carbocycles. The van der Waals surface area contributed by atoms with E-state index in [-0.39, 0.29) is 11.5 Å². The minimum Gasteiger partial charge on any atom is -0.493 e. The first kappa shape index (κ1) is 23.1. The van der Waals surface area contributed by atoms with E-state index in [1.165, 1.54) is 18.4 Å². The van der Waals surface area contributed by atoms with Crippen LogP contribution in [-0.4, -0.2) is 40.3 Å². The van der Waals surface area contributed by atoms with Gasteiger partial charge in [0.2, 0.25) is 0 Å². The number of aliphatic imine (C=N–C) groups is 1. The van der Waals surface area contributed by atoms with Crippen LogP contribution in [0.25, 0.3) is 0 Å². The Hall–Kier alpha value is -2.54. The molecule has 0 bridgehead atoms. The Labute approximate surface area is 186 Å².